The number of rotatable bonds is 6. The van der Waals surface area contributed by atoms with Crippen LogP contribution in [0.1, 0.15) is 21.5 Å². The molecule has 194 valence electrons. The number of hydrogen-bond acceptors (Lipinski definition) is 4. The minimum absolute atomic E-state index is 0.0981. The van der Waals surface area contributed by atoms with Gasteiger partial charge in [-0.05, 0) is 86.1 Å². The van der Waals surface area contributed by atoms with Crippen LogP contribution in [0.4, 0.5) is 14.9 Å². The van der Waals surface area contributed by atoms with Crippen molar-refractivity contribution in [1.29, 1.82) is 0 Å². The number of imide groups is 1. The van der Waals surface area contributed by atoms with E-state index in [1.54, 1.807) is 36.0 Å². The molecule has 0 aromatic heterocycles. The molecule has 5 nitrogen and oxygen atoms in total. The Labute approximate surface area is 238 Å². The molecular weight excluding hydrogens is 570 g/mol. The predicted molar refractivity (Wildman–Crippen MR) is 151 cm³/mol. The van der Waals surface area contributed by atoms with Crippen LogP contribution in [-0.4, -0.2) is 11.9 Å². The highest BCUT2D eigenvalue weighted by Gasteiger charge is 2.18. The average molecular weight is 590 g/mol. The molecule has 4 aromatic carbocycles. The number of halogens is 4. The first kappa shape index (κ1) is 27.8. The first-order valence-electron chi connectivity index (χ1n) is 11.2. The van der Waals surface area contributed by atoms with Crippen LogP contribution < -0.4 is 15.4 Å². The Hall–Kier alpha value is -3.23. The second-order valence-electron chi connectivity index (χ2n) is 8.15. The van der Waals surface area contributed by atoms with Gasteiger partial charge in [-0.2, -0.15) is 0 Å². The second-order valence-corrected chi connectivity index (χ2v) is 10.5. The van der Waals surface area contributed by atoms with Gasteiger partial charge < -0.3 is 10.1 Å². The van der Waals surface area contributed by atoms with Gasteiger partial charge in [-0.1, -0.05) is 52.6 Å². The SMILES string of the molecule is Cc1cc(Oc2ccc(NC(=O)NC(=O)c3c(F)cccc3Cl)cc2)c(C)c(Cl)c1Sc1ccc(Cl)cc1. The highest BCUT2D eigenvalue weighted by molar-refractivity contribution is 7.99. The zero-order valence-electron chi connectivity index (χ0n) is 20.1. The van der Waals surface area contributed by atoms with Crippen molar-refractivity contribution >= 4 is 64.2 Å². The van der Waals surface area contributed by atoms with Crippen LogP contribution in [0.5, 0.6) is 11.5 Å². The number of aryl methyl sites for hydroxylation is 1. The van der Waals surface area contributed by atoms with Crippen molar-refractivity contribution in [2.45, 2.75) is 23.6 Å². The van der Waals surface area contributed by atoms with E-state index >= 15 is 0 Å². The number of carbonyl (C=O) groups excluding carboxylic acids is 2. The number of amides is 3. The van der Waals surface area contributed by atoms with Gasteiger partial charge in [0, 0.05) is 26.1 Å². The average Bonchev–Trinajstić information content (AvgIpc) is 2.87. The maximum atomic E-state index is 13.9. The predicted octanol–water partition coefficient (Wildman–Crippen LogP) is 9.31. The minimum atomic E-state index is -0.953. The van der Waals surface area contributed by atoms with E-state index in [-0.39, 0.29) is 5.02 Å². The highest BCUT2D eigenvalue weighted by Crippen LogP contribution is 2.42. The standard InChI is InChI=1S/C28H20Cl3FN2O3S/c1-15-14-23(16(2)25(31)26(15)38-20-12-6-17(29)7-13-20)37-19-10-8-18(9-11-19)33-28(36)34-27(35)24-21(30)4-3-5-22(24)32/h3-14H,1-2H3,(H2,33,34,35,36). The van der Waals surface area contributed by atoms with Crippen molar-refractivity contribution in [2.24, 2.45) is 0 Å². The van der Waals surface area contributed by atoms with Gasteiger partial charge in [0.2, 0.25) is 0 Å². The van der Waals surface area contributed by atoms with Crippen molar-refractivity contribution in [2.75, 3.05) is 5.32 Å². The summed E-state index contributed by atoms with van der Waals surface area (Å²) < 4.78 is 20.0. The number of anilines is 1. The van der Waals surface area contributed by atoms with Gasteiger partial charge >= 0.3 is 6.03 Å². The van der Waals surface area contributed by atoms with Gasteiger partial charge in [0.15, 0.2) is 0 Å². The molecule has 0 unspecified atom stereocenters. The third-order valence-corrected chi connectivity index (χ3v) is 7.78. The number of urea groups is 1. The second kappa shape index (κ2) is 12.1. The number of nitrogens with one attached hydrogen (secondary N) is 2. The molecule has 0 aliphatic heterocycles. The van der Waals surface area contributed by atoms with Crippen LogP contribution in [0.3, 0.4) is 0 Å². The minimum Gasteiger partial charge on any atom is -0.457 e. The summed E-state index contributed by atoms with van der Waals surface area (Å²) in [6, 6.07) is 18.9. The Morgan fingerprint density at radius 2 is 1.61 bits per heavy atom. The van der Waals surface area contributed by atoms with E-state index < -0.39 is 23.3 Å². The quantitative estimate of drug-likeness (QED) is 0.235. The van der Waals surface area contributed by atoms with Gasteiger partial charge in [0.05, 0.1) is 15.6 Å². The lowest BCUT2D eigenvalue weighted by Gasteiger charge is -2.16. The van der Waals surface area contributed by atoms with Crippen LogP contribution >= 0.6 is 46.6 Å². The monoisotopic (exact) mass is 588 g/mol. The van der Waals surface area contributed by atoms with Crippen molar-refractivity contribution in [3.8, 4) is 11.5 Å². The van der Waals surface area contributed by atoms with Crippen LogP contribution in [0.15, 0.2) is 82.6 Å². The lowest BCUT2D eigenvalue weighted by atomic mass is 10.1. The molecule has 3 amide bonds. The van der Waals surface area contributed by atoms with E-state index in [4.69, 9.17) is 39.5 Å². The molecule has 4 rings (SSSR count). The van der Waals surface area contributed by atoms with Gasteiger partial charge in [0.1, 0.15) is 17.3 Å². The van der Waals surface area contributed by atoms with Crippen LogP contribution in [0, 0.1) is 19.7 Å². The Balaban J connectivity index is 1.41. The lowest BCUT2D eigenvalue weighted by Crippen LogP contribution is -2.35. The Morgan fingerprint density at radius 3 is 2.26 bits per heavy atom. The molecule has 0 saturated heterocycles. The molecule has 0 bridgehead atoms. The van der Waals surface area contributed by atoms with Gasteiger partial charge in [-0.25, -0.2) is 9.18 Å². The molecule has 0 aliphatic carbocycles. The van der Waals surface area contributed by atoms with Gasteiger partial charge in [-0.3, -0.25) is 10.1 Å². The maximum Gasteiger partial charge on any atom is 0.326 e. The summed E-state index contributed by atoms with van der Waals surface area (Å²) in [5.41, 5.74) is 1.71. The summed E-state index contributed by atoms with van der Waals surface area (Å²) in [7, 11) is 0. The number of carbonyl (C=O) groups is 2. The van der Waals surface area contributed by atoms with Crippen molar-refractivity contribution in [3.05, 3.63) is 110 Å². The summed E-state index contributed by atoms with van der Waals surface area (Å²) in [4.78, 5) is 26.4. The Morgan fingerprint density at radius 1 is 0.921 bits per heavy atom. The molecule has 4 aromatic rings. The van der Waals surface area contributed by atoms with Crippen LogP contribution in [0.2, 0.25) is 15.1 Å². The first-order valence-corrected chi connectivity index (χ1v) is 13.1. The number of hydrogen-bond donors (Lipinski definition) is 2. The molecule has 0 fully saturated rings. The summed E-state index contributed by atoms with van der Waals surface area (Å²) in [5, 5.41) is 5.73. The first-order chi connectivity index (χ1) is 18.1. The molecule has 0 aliphatic rings. The molecule has 0 atom stereocenters. The molecular formula is C28H20Cl3FN2O3S. The molecule has 0 saturated carbocycles. The largest absolute Gasteiger partial charge is 0.457 e. The number of benzene rings is 4. The fraction of sp³-hybridized carbons (Fsp3) is 0.0714. The molecule has 10 heteroatoms. The van der Waals surface area contributed by atoms with E-state index in [0.29, 0.717) is 27.2 Å². The molecule has 0 spiro atoms. The van der Waals surface area contributed by atoms with E-state index in [9.17, 15) is 14.0 Å². The maximum absolute atomic E-state index is 13.9. The molecule has 0 radical (unpaired) electrons. The third-order valence-electron chi connectivity index (χ3n) is 5.39. The van der Waals surface area contributed by atoms with Gasteiger partial charge in [-0.15, -0.1) is 0 Å². The smallest absolute Gasteiger partial charge is 0.326 e. The molecule has 2 N–H and O–H groups in total. The molecule has 0 heterocycles. The Bertz CT molecular complexity index is 1490. The fourth-order valence-corrected chi connectivity index (χ4v) is 5.15. The molecule has 38 heavy (non-hydrogen) atoms. The fourth-order valence-electron chi connectivity index (χ4n) is 3.45. The Kier molecular flexibility index (Phi) is 8.84. The van der Waals surface area contributed by atoms with E-state index in [0.717, 1.165) is 27.0 Å². The lowest BCUT2D eigenvalue weighted by molar-refractivity contribution is 0.0963. The summed E-state index contributed by atoms with van der Waals surface area (Å²) >= 11 is 20.1. The van der Waals surface area contributed by atoms with Crippen LogP contribution in [0.25, 0.3) is 0 Å². The highest BCUT2D eigenvalue weighted by atomic mass is 35.5. The zero-order chi connectivity index (χ0) is 27.4. The van der Waals surface area contributed by atoms with Gasteiger partial charge in [0.25, 0.3) is 5.91 Å². The van der Waals surface area contributed by atoms with E-state index in [1.807, 2.05) is 44.2 Å². The summed E-state index contributed by atoms with van der Waals surface area (Å²) in [6.07, 6.45) is 0. The zero-order valence-corrected chi connectivity index (χ0v) is 23.2. The van der Waals surface area contributed by atoms with Crippen LogP contribution in [-0.2, 0) is 0 Å². The summed E-state index contributed by atoms with van der Waals surface area (Å²) in [5.74, 6) is -0.668. The van der Waals surface area contributed by atoms with Crippen molar-refractivity contribution < 1.29 is 18.7 Å². The van der Waals surface area contributed by atoms with E-state index in [1.165, 1.54) is 12.1 Å². The number of ether oxygens (including phenoxy) is 1. The van der Waals surface area contributed by atoms with Crippen molar-refractivity contribution in [3.63, 3.8) is 0 Å². The van der Waals surface area contributed by atoms with E-state index in [2.05, 4.69) is 10.6 Å². The third kappa shape index (κ3) is 6.60. The topological polar surface area (TPSA) is 67.4 Å². The summed E-state index contributed by atoms with van der Waals surface area (Å²) in [6.45, 7) is 3.83. The van der Waals surface area contributed by atoms with Crippen molar-refractivity contribution in [1.82, 2.24) is 5.32 Å². The normalized spacial score (nSPS) is 10.7.